The van der Waals surface area contributed by atoms with Crippen molar-refractivity contribution in [3.05, 3.63) is 53.8 Å². The molecule has 21 heavy (non-hydrogen) atoms. The summed E-state index contributed by atoms with van der Waals surface area (Å²) in [5.74, 6) is -1.26. The third-order valence-corrected chi connectivity index (χ3v) is 2.57. The number of benzene rings is 2. The fourth-order valence-electron chi connectivity index (χ4n) is 1.69. The molecule has 0 unspecified atom stereocenters. The first-order valence-corrected chi connectivity index (χ1v) is 5.91. The Morgan fingerprint density at radius 3 is 2.14 bits per heavy atom. The highest BCUT2D eigenvalue weighted by Gasteiger charge is 2.32. The highest BCUT2D eigenvalue weighted by molar-refractivity contribution is 5.45. The molecule has 2 N–H and O–H groups in total. The first-order chi connectivity index (χ1) is 9.90. The average molecular weight is 301 g/mol. The number of rotatable bonds is 4. The zero-order valence-electron chi connectivity index (χ0n) is 10.7. The minimum atomic E-state index is -4.85. The molecule has 0 aromatic heterocycles. The van der Waals surface area contributed by atoms with Crippen molar-refractivity contribution in [1.82, 2.24) is 0 Å². The average Bonchev–Trinajstić information content (AvgIpc) is 2.40. The first-order valence-electron chi connectivity index (χ1n) is 5.91. The summed E-state index contributed by atoms with van der Waals surface area (Å²) in [5.41, 5.74) is 5.48. The molecule has 0 spiro atoms. The van der Waals surface area contributed by atoms with E-state index in [-0.39, 0.29) is 23.6 Å². The highest BCUT2D eigenvalue weighted by atomic mass is 19.4. The summed E-state index contributed by atoms with van der Waals surface area (Å²) < 4.78 is 59.7. The van der Waals surface area contributed by atoms with Crippen LogP contribution >= 0.6 is 0 Å². The van der Waals surface area contributed by atoms with Crippen molar-refractivity contribution in [2.75, 3.05) is 0 Å². The van der Waals surface area contributed by atoms with Crippen LogP contribution in [-0.2, 0) is 6.54 Å². The van der Waals surface area contributed by atoms with E-state index in [2.05, 4.69) is 4.74 Å². The van der Waals surface area contributed by atoms with Gasteiger partial charge in [-0.3, -0.25) is 0 Å². The third-order valence-electron chi connectivity index (χ3n) is 2.57. The van der Waals surface area contributed by atoms with Gasteiger partial charge >= 0.3 is 6.36 Å². The molecule has 0 radical (unpaired) electrons. The van der Waals surface area contributed by atoms with Gasteiger partial charge in [-0.05, 0) is 24.3 Å². The van der Waals surface area contributed by atoms with Crippen LogP contribution in [0.15, 0.2) is 42.5 Å². The molecular weight excluding hydrogens is 290 g/mol. The van der Waals surface area contributed by atoms with Gasteiger partial charge in [0.2, 0.25) is 0 Å². The highest BCUT2D eigenvalue weighted by Crippen LogP contribution is 2.36. The van der Waals surface area contributed by atoms with Gasteiger partial charge in [-0.1, -0.05) is 18.2 Å². The van der Waals surface area contributed by atoms with Crippen molar-refractivity contribution in [3.63, 3.8) is 0 Å². The van der Waals surface area contributed by atoms with Crippen molar-refractivity contribution in [3.8, 4) is 17.2 Å². The van der Waals surface area contributed by atoms with Crippen LogP contribution in [0.5, 0.6) is 17.2 Å². The Bertz CT molecular complexity index is 629. The summed E-state index contributed by atoms with van der Waals surface area (Å²) in [5, 5.41) is 0. The summed E-state index contributed by atoms with van der Waals surface area (Å²) in [7, 11) is 0. The Balaban J connectivity index is 2.34. The van der Waals surface area contributed by atoms with Crippen LogP contribution in [0.2, 0.25) is 0 Å². The molecule has 2 aromatic rings. The van der Waals surface area contributed by atoms with Crippen LogP contribution in [0.4, 0.5) is 17.6 Å². The van der Waals surface area contributed by atoms with Crippen LogP contribution in [-0.4, -0.2) is 6.36 Å². The lowest BCUT2D eigenvalue weighted by atomic mass is 10.2. The second-order valence-electron chi connectivity index (χ2n) is 4.02. The van der Waals surface area contributed by atoms with E-state index in [0.717, 1.165) is 6.07 Å². The zero-order chi connectivity index (χ0) is 15.5. The SMILES string of the molecule is NCc1c(F)cccc1Oc1ccccc1OC(F)(F)F. The molecule has 0 heterocycles. The normalized spacial score (nSPS) is 11.3. The molecule has 0 aliphatic heterocycles. The number of hydrogen-bond donors (Lipinski definition) is 1. The molecule has 0 bridgehead atoms. The molecule has 112 valence electrons. The van der Waals surface area contributed by atoms with Crippen LogP contribution in [0.1, 0.15) is 5.56 Å². The third kappa shape index (κ3) is 3.85. The van der Waals surface area contributed by atoms with Crippen LogP contribution < -0.4 is 15.2 Å². The molecule has 0 aliphatic rings. The monoisotopic (exact) mass is 301 g/mol. The number of alkyl halides is 3. The maximum Gasteiger partial charge on any atom is 0.573 e. The number of nitrogens with two attached hydrogens (primary N) is 1. The molecule has 0 amide bonds. The van der Waals surface area contributed by atoms with Crippen molar-refractivity contribution in [2.45, 2.75) is 12.9 Å². The van der Waals surface area contributed by atoms with E-state index < -0.39 is 17.9 Å². The van der Waals surface area contributed by atoms with Gasteiger partial charge < -0.3 is 15.2 Å². The summed E-state index contributed by atoms with van der Waals surface area (Å²) in [6.45, 7) is -0.149. The smallest absolute Gasteiger partial charge is 0.453 e. The standard InChI is InChI=1S/C14H11F4NO2/c15-10-4-3-7-11(9(10)8-19)20-12-5-1-2-6-13(12)21-14(16,17)18/h1-7H,8,19H2. The Morgan fingerprint density at radius 1 is 0.905 bits per heavy atom. The summed E-state index contributed by atoms with van der Waals surface area (Å²) in [6.07, 6.45) is -4.85. The van der Waals surface area contributed by atoms with E-state index >= 15 is 0 Å². The Labute approximate surface area is 117 Å². The number of ether oxygens (including phenoxy) is 2. The quantitative estimate of drug-likeness (QED) is 0.869. The Kier molecular flexibility index (Phi) is 4.32. The topological polar surface area (TPSA) is 44.5 Å². The minimum Gasteiger partial charge on any atom is -0.453 e. The van der Waals surface area contributed by atoms with Crippen LogP contribution in [0.3, 0.4) is 0 Å². The van der Waals surface area contributed by atoms with Gasteiger partial charge in [0.05, 0.1) is 0 Å². The number of halogens is 4. The first kappa shape index (κ1) is 15.1. The molecule has 0 atom stereocenters. The largest absolute Gasteiger partial charge is 0.573 e. The van der Waals surface area contributed by atoms with E-state index in [4.69, 9.17) is 10.5 Å². The van der Waals surface area contributed by atoms with Crippen LogP contribution in [0.25, 0.3) is 0 Å². The van der Waals surface area contributed by atoms with Crippen molar-refractivity contribution < 1.29 is 27.0 Å². The molecular formula is C14H11F4NO2. The lowest BCUT2D eigenvalue weighted by Gasteiger charge is -2.15. The van der Waals surface area contributed by atoms with Crippen LogP contribution in [0, 0.1) is 5.82 Å². The predicted molar refractivity (Wildman–Crippen MR) is 67.5 cm³/mol. The lowest BCUT2D eigenvalue weighted by Crippen LogP contribution is -2.17. The molecule has 2 rings (SSSR count). The number of para-hydroxylation sites is 2. The van der Waals surface area contributed by atoms with Crippen molar-refractivity contribution >= 4 is 0 Å². The van der Waals surface area contributed by atoms with E-state index in [1.165, 1.54) is 36.4 Å². The predicted octanol–water partition coefficient (Wildman–Crippen LogP) is 3.98. The van der Waals surface area contributed by atoms with Gasteiger partial charge in [-0.15, -0.1) is 13.2 Å². The van der Waals surface area contributed by atoms with Gasteiger partial charge in [-0.2, -0.15) is 0 Å². The summed E-state index contributed by atoms with van der Waals surface area (Å²) >= 11 is 0. The number of hydrogen-bond acceptors (Lipinski definition) is 3. The Morgan fingerprint density at radius 2 is 1.52 bits per heavy atom. The summed E-state index contributed by atoms with van der Waals surface area (Å²) in [6, 6.07) is 9.19. The van der Waals surface area contributed by atoms with Crippen molar-refractivity contribution in [1.29, 1.82) is 0 Å². The fourth-order valence-corrected chi connectivity index (χ4v) is 1.69. The van der Waals surface area contributed by atoms with Gasteiger partial charge in [0.25, 0.3) is 0 Å². The second kappa shape index (κ2) is 6.01. The van der Waals surface area contributed by atoms with E-state index in [1.807, 2.05) is 0 Å². The second-order valence-corrected chi connectivity index (χ2v) is 4.02. The van der Waals surface area contributed by atoms with Gasteiger partial charge in [0.1, 0.15) is 11.6 Å². The lowest BCUT2D eigenvalue weighted by molar-refractivity contribution is -0.275. The molecule has 0 aliphatic carbocycles. The molecule has 0 saturated carbocycles. The van der Waals surface area contributed by atoms with E-state index in [0.29, 0.717) is 0 Å². The maximum atomic E-state index is 13.6. The van der Waals surface area contributed by atoms with Gasteiger partial charge in [0.15, 0.2) is 11.5 Å². The Hall–Kier alpha value is -2.28. The van der Waals surface area contributed by atoms with Crippen molar-refractivity contribution in [2.24, 2.45) is 5.73 Å². The minimum absolute atomic E-state index is 0.0377. The molecule has 3 nitrogen and oxygen atoms in total. The maximum absolute atomic E-state index is 13.6. The molecule has 2 aromatic carbocycles. The molecule has 0 fully saturated rings. The fraction of sp³-hybridized carbons (Fsp3) is 0.143. The zero-order valence-corrected chi connectivity index (χ0v) is 10.7. The molecule has 0 saturated heterocycles. The van der Waals surface area contributed by atoms with E-state index in [1.54, 1.807) is 0 Å². The van der Waals surface area contributed by atoms with Gasteiger partial charge in [0, 0.05) is 12.1 Å². The van der Waals surface area contributed by atoms with E-state index in [9.17, 15) is 17.6 Å². The molecule has 7 heteroatoms. The van der Waals surface area contributed by atoms with Gasteiger partial charge in [-0.25, -0.2) is 4.39 Å². The summed E-state index contributed by atoms with van der Waals surface area (Å²) in [4.78, 5) is 0.